The second-order valence-electron chi connectivity index (χ2n) is 11.7. The van der Waals surface area contributed by atoms with Crippen molar-refractivity contribution in [1.29, 1.82) is 0 Å². The molecule has 47 heavy (non-hydrogen) atoms. The minimum absolute atomic E-state index is 0.517. The molecular formula is C28H38F9N3O7. The minimum Gasteiger partial charge on any atom is -0.475 e. The van der Waals surface area contributed by atoms with Crippen LogP contribution >= 0.6 is 0 Å². The average Bonchev–Trinajstić information content (AvgIpc) is 3.70. The smallest absolute Gasteiger partial charge is 0.475 e. The third kappa shape index (κ3) is 16.5. The van der Waals surface area contributed by atoms with Crippen molar-refractivity contribution < 1.29 is 74.0 Å². The van der Waals surface area contributed by atoms with E-state index in [0.29, 0.717) is 17.5 Å². The Balaban J connectivity index is 0.000000430. The molecular weight excluding hydrogens is 661 g/mol. The van der Waals surface area contributed by atoms with Gasteiger partial charge in [0.15, 0.2) is 0 Å². The molecule has 3 aliphatic rings. The van der Waals surface area contributed by atoms with Crippen molar-refractivity contribution in [2.75, 3.05) is 32.8 Å². The molecule has 3 heterocycles. The van der Waals surface area contributed by atoms with E-state index in [-0.39, 0.29) is 0 Å². The van der Waals surface area contributed by atoms with Gasteiger partial charge in [0.1, 0.15) is 0 Å². The average molecular weight is 700 g/mol. The van der Waals surface area contributed by atoms with Gasteiger partial charge in [0.25, 0.3) is 0 Å². The lowest BCUT2D eigenvalue weighted by Gasteiger charge is -2.39. The van der Waals surface area contributed by atoms with Gasteiger partial charge in [-0.1, -0.05) is 6.07 Å². The zero-order valence-corrected chi connectivity index (χ0v) is 25.5. The van der Waals surface area contributed by atoms with Crippen molar-refractivity contribution >= 4 is 17.9 Å². The lowest BCUT2D eigenvalue weighted by atomic mass is 9.76. The number of carboxylic acids is 3. The van der Waals surface area contributed by atoms with E-state index >= 15 is 0 Å². The Morgan fingerprint density at radius 2 is 1.36 bits per heavy atom. The van der Waals surface area contributed by atoms with Crippen LogP contribution in [0.15, 0.2) is 24.5 Å². The highest BCUT2D eigenvalue weighted by atomic mass is 19.4. The molecule has 1 atom stereocenters. The number of aliphatic carboxylic acids is 3. The maximum Gasteiger partial charge on any atom is 0.490 e. The summed E-state index contributed by atoms with van der Waals surface area (Å²) in [4.78, 5) is 36.3. The van der Waals surface area contributed by atoms with Gasteiger partial charge in [0.2, 0.25) is 0 Å². The highest BCUT2D eigenvalue weighted by molar-refractivity contribution is 5.73. The van der Waals surface area contributed by atoms with E-state index in [0.717, 1.165) is 25.7 Å². The van der Waals surface area contributed by atoms with E-state index in [9.17, 15) is 39.5 Å². The fraction of sp³-hybridized carbons (Fsp3) is 0.714. The topological polar surface area (TPSA) is 140 Å². The number of alkyl halides is 9. The van der Waals surface area contributed by atoms with Crippen LogP contribution in [0.1, 0.15) is 51.5 Å². The maximum absolute atomic E-state index is 10.6. The van der Waals surface area contributed by atoms with Gasteiger partial charge >= 0.3 is 36.4 Å². The van der Waals surface area contributed by atoms with E-state index in [1.54, 1.807) is 0 Å². The van der Waals surface area contributed by atoms with Crippen LogP contribution in [0.3, 0.4) is 0 Å². The Bertz CT molecular complexity index is 1060. The predicted molar refractivity (Wildman–Crippen MR) is 146 cm³/mol. The maximum atomic E-state index is 10.6. The van der Waals surface area contributed by atoms with Gasteiger partial charge in [-0.2, -0.15) is 39.5 Å². The molecule has 19 heteroatoms. The Hall–Kier alpha value is -3.19. The van der Waals surface area contributed by atoms with Crippen LogP contribution < -0.4 is 0 Å². The molecule has 1 unspecified atom stereocenters. The molecule has 2 saturated heterocycles. The summed E-state index contributed by atoms with van der Waals surface area (Å²) in [6.07, 6.45) is -4.63. The monoisotopic (exact) mass is 699 g/mol. The molecule has 0 aromatic carbocycles. The van der Waals surface area contributed by atoms with Crippen molar-refractivity contribution in [2.24, 2.45) is 11.3 Å². The fourth-order valence-electron chi connectivity index (χ4n) is 4.91. The molecule has 0 amide bonds. The number of hydrogen-bond donors (Lipinski definition) is 3. The molecule has 1 aromatic rings. The highest BCUT2D eigenvalue weighted by Crippen LogP contribution is 2.44. The van der Waals surface area contributed by atoms with Crippen LogP contribution in [-0.4, -0.2) is 111 Å². The van der Waals surface area contributed by atoms with Crippen molar-refractivity contribution in [3.8, 4) is 0 Å². The Kier molecular flexibility index (Phi) is 15.9. The number of halogens is 9. The van der Waals surface area contributed by atoms with Crippen LogP contribution in [0.2, 0.25) is 0 Å². The molecule has 270 valence electrons. The Labute approximate surface area is 264 Å². The molecule has 4 rings (SSSR count). The van der Waals surface area contributed by atoms with Gasteiger partial charge in [-0.05, 0) is 82.0 Å². The minimum atomic E-state index is -5.08. The zero-order valence-electron chi connectivity index (χ0n) is 25.5. The number of likely N-dealkylation sites (tertiary alicyclic amines) is 2. The molecule has 1 aliphatic carbocycles. The lowest BCUT2D eigenvalue weighted by molar-refractivity contribution is -0.193. The van der Waals surface area contributed by atoms with Gasteiger partial charge < -0.3 is 20.1 Å². The van der Waals surface area contributed by atoms with Crippen molar-refractivity contribution in [3.63, 3.8) is 0 Å². The summed E-state index contributed by atoms with van der Waals surface area (Å²) in [6.45, 7) is 11.4. The summed E-state index contributed by atoms with van der Waals surface area (Å²) >= 11 is 0. The number of rotatable bonds is 7. The first kappa shape index (κ1) is 41.8. The highest BCUT2D eigenvalue weighted by Gasteiger charge is 2.46. The fourth-order valence-corrected chi connectivity index (χ4v) is 4.91. The van der Waals surface area contributed by atoms with Crippen molar-refractivity contribution in [2.45, 2.75) is 83.1 Å². The standard InChI is InChI=1S/C22H35N3O.3C2HF3O2/c1-18(2)25-17-22(12-21(25)16-26-15-19-5-6-19)7-10-24(11-8-22)14-20-4-3-9-23-13-20;3*3-2(4,5)1(6)7/h3-4,9,13,18-19,21H,5-8,10-12,14-17H2,1-2H3;3*(H,6,7). The van der Waals surface area contributed by atoms with E-state index in [4.69, 9.17) is 34.4 Å². The number of carbonyl (C=O) groups is 3. The number of aromatic nitrogens is 1. The van der Waals surface area contributed by atoms with E-state index < -0.39 is 36.4 Å². The molecule has 2 aliphatic heterocycles. The summed E-state index contributed by atoms with van der Waals surface area (Å²) in [5.74, 6) is -7.40. The van der Waals surface area contributed by atoms with Crippen LogP contribution in [0, 0.1) is 11.3 Å². The summed E-state index contributed by atoms with van der Waals surface area (Å²) < 4.78 is 101. The van der Waals surface area contributed by atoms with E-state index in [1.807, 2.05) is 18.5 Å². The SMILES string of the molecule is CC(C)N1CC2(CCN(Cc3cccnc3)CC2)CC1COCC1CC1.O=C(O)C(F)(F)F.O=C(O)C(F)(F)F.O=C(O)C(F)(F)F. The summed E-state index contributed by atoms with van der Waals surface area (Å²) in [5.41, 5.74) is 1.86. The third-order valence-corrected chi connectivity index (χ3v) is 7.45. The summed E-state index contributed by atoms with van der Waals surface area (Å²) in [5, 5.41) is 21.4. The molecule has 3 N–H and O–H groups in total. The summed E-state index contributed by atoms with van der Waals surface area (Å²) in [7, 11) is 0. The van der Waals surface area contributed by atoms with Crippen LogP contribution in [0.4, 0.5) is 39.5 Å². The summed E-state index contributed by atoms with van der Waals surface area (Å²) in [6, 6.07) is 5.49. The number of ether oxygens (including phenoxy) is 1. The molecule has 1 aromatic heterocycles. The normalized spacial score (nSPS) is 19.9. The lowest BCUT2D eigenvalue weighted by Crippen LogP contribution is -2.42. The second kappa shape index (κ2) is 17.8. The molecule has 3 fully saturated rings. The van der Waals surface area contributed by atoms with Crippen LogP contribution in [0.25, 0.3) is 0 Å². The van der Waals surface area contributed by atoms with Crippen molar-refractivity contribution in [3.05, 3.63) is 30.1 Å². The molecule has 1 saturated carbocycles. The first-order valence-corrected chi connectivity index (χ1v) is 14.3. The van der Waals surface area contributed by atoms with Gasteiger partial charge in [-0.15, -0.1) is 0 Å². The number of piperidine rings is 1. The van der Waals surface area contributed by atoms with Crippen LogP contribution in [-0.2, 0) is 25.7 Å². The van der Waals surface area contributed by atoms with Gasteiger partial charge in [0.05, 0.1) is 6.61 Å². The van der Waals surface area contributed by atoms with Crippen molar-refractivity contribution in [1.82, 2.24) is 14.8 Å². The second-order valence-corrected chi connectivity index (χ2v) is 11.7. The molecule has 10 nitrogen and oxygen atoms in total. The van der Waals surface area contributed by atoms with E-state index in [2.05, 4.69) is 34.7 Å². The Morgan fingerprint density at radius 1 is 0.894 bits per heavy atom. The first-order valence-electron chi connectivity index (χ1n) is 14.3. The van der Waals surface area contributed by atoms with Gasteiger partial charge in [-0.3, -0.25) is 14.8 Å². The third-order valence-electron chi connectivity index (χ3n) is 7.45. The molecule has 0 bridgehead atoms. The molecule has 1 spiro atoms. The number of nitrogens with zero attached hydrogens (tertiary/aromatic N) is 3. The quantitative estimate of drug-likeness (QED) is 0.314. The largest absolute Gasteiger partial charge is 0.490 e. The van der Waals surface area contributed by atoms with Gasteiger partial charge in [-0.25, -0.2) is 14.4 Å². The molecule has 0 radical (unpaired) electrons. The number of hydrogen-bond acceptors (Lipinski definition) is 7. The predicted octanol–water partition coefficient (Wildman–Crippen LogP) is 5.47. The first-order chi connectivity index (χ1) is 21.5. The zero-order chi connectivity index (χ0) is 36.2. The Morgan fingerprint density at radius 3 is 1.72 bits per heavy atom. The van der Waals surface area contributed by atoms with Crippen LogP contribution in [0.5, 0.6) is 0 Å². The number of pyridine rings is 1. The van der Waals surface area contributed by atoms with E-state index in [1.165, 1.54) is 57.3 Å². The number of carboxylic acid groups (broad SMARTS) is 3. The van der Waals surface area contributed by atoms with Gasteiger partial charge in [0, 0.05) is 44.2 Å².